The van der Waals surface area contributed by atoms with Crippen molar-refractivity contribution in [3.63, 3.8) is 0 Å². The number of nitrogens with one attached hydrogen (secondary N) is 1. The van der Waals surface area contributed by atoms with E-state index in [0.717, 1.165) is 25.1 Å². The monoisotopic (exact) mass is 377 g/mol. The summed E-state index contributed by atoms with van der Waals surface area (Å²) in [4.78, 5) is 16.5. The lowest BCUT2D eigenvalue weighted by molar-refractivity contribution is -0.126. The number of nitrogens with two attached hydrogens (primary N) is 1. The van der Waals surface area contributed by atoms with Gasteiger partial charge in [0, 0.05) is 31.7 Å². The van der Waals surface area contributed by atoms with E-state index in [9.17, 15) is 13.6 Å². The van der Waals surface area contributed by atoms with Crippen LogP contribution in [0.25, 0.3) is 5.65 Å². The standard InChI is InChI=1S/C19H25F2N5O/c20-19(21)7-5-12(6-8-19)17(22)15-11-26-16(24-15)4-3-14(25-26)10-13-2-1-9-23-18(13)27/h3-4,11-13,17H,1-2,5-10,22H2,(H,23,27)/t13-,17?/m1/s1. The molecule has 0 bridgehead atoms. The van der Waals surface area contributed by atoms with Gasteiger partial charge in [-0.05, 0) is 43.7 Å². The molecule has 1 aliphatic carbocycles. The zero-order valence-corrected chi connectivity index (χ0v) is 15.2. The highest BCUT2D eigenvalue weighted by molar-refractivity contribution is 5.79. The van der Waals surface area contributed by atoms with Gasteiger partial charge in [0.05, 0.1) is 23.6 Å². The topological polar surface area (TPSA) is 85.3 Å². The van der Waals surface area contributed by atoms with Crippen molar-refractivity contribution >= 4 is 11.6 Å². The van der Waals surface area contributed by atoms with Crippen LogP contribution >= 0.6 is 0 Å². The van der Waals surface area contributed by atoms with E-state index in [4.69, 9.17) is 5.73 Å². The minimum absolute atomic E-state index is 0.0138. The Kier molecular flexibility index (Phi) is 4.84. The van der Waals surface area contributed by atoms with Gasteiger partial charge in [-0.2, -0.15) is 5.10 Å². The lowest BCUT2D eigenvalue weighted by Gasteiger charge is -2.31. The minimum Gasteiger partial charge on any atom is -0.356 e. The Morgan fingerprint density at radius 2 is 2.07 bits per heavy atom. The highest BCUT2D eigenvalue weighted by Gasteiger charge is 2.37. The number of alkyl halides is 2. The molecule has 1 unspecified atom stereocenters. The molecule has 2 fully saturated rings. The summed E-state index contributed by atoms with van der Waals surface area (Å²) in [5.74, 6) is -2.50. The van der Waals surface area contributed by atoms with Gasteiger partial charge in [0.15, 0.2) is 5.65 Å². The summed E-state index contributed by atoms with van der Waals surface area (Å²) in [6.45, 7) is 0.748. The van der Waals surface area contributed by atoms with Crippen LogP contribution in [0.5, 0.6) is 0 Å². The van der Waals surface area contributed by atoms with Crippen LogP contribution in [-0.4, -0.2) is 33.0 Å². The molecule has 0 aromatic carbocycles. The first-order valence-corrected chi connectivity index (χ1v) is 9.68. The summed E-state index contributed by atoms with van der Waals surface area (Å²) in [5, 5.41) is 7.47. The molecule has 3 N–H and O–H groups in total. The van der Waals surface area contributed by atoms with Crippen molar-refractivity contribution in [2.24, 2.45) is 17.6 Å². The third-order valence-corrected chi connectivity index (χ3v) is 5.86. The summed E-state index contributed by atoms with van der Waals surface area (Å²) < 4.78 is 28.4. The van der Waals surface area contributed by atoms with Crippen LogP contribution in [0, 0.1) is 11.8 Å². The average Bonchev–Trinajstić information content (AvgIpc) is 3.06. The van der Waals surface area contributed by atoms with Gasteiger partial charge >= 0.3 is 0 Å². The number of aromatic nitrogens is 3. The van der Waals surface area contributed by atoms with Crippen LogP contribution in [-0.2, 0) is 11.2 Å². The van der Waals surface area contributed by atoms with Crippen LogP contribution in [0.2, 0.25) is 0 Å². The van der Waals surface area contributed by atoms with Crippen LogP contribution in [0.15, 0.2) is 18.3 Å². The molecule has 0 radical (unpaired) electrons. The van der Waals surface area contributed by atoms with Crippen molar-refractivity contribution in [2.75, 3.05) is 6.54 Å². The van der Waals surface area contributed by atoms with Gasteiger partial charge in [0.2, 0.25) is 11.8 Å². The SMILES string of the molecule is NC(c1cn2nc(C[C@H]3CCCNC3=O)ccc2n1)C1CCC(F)(F)CC1. The molecule has 0 spiro atoms. The number of imidazole rings is 1. The normalized spacial score (nSPS) is 24.7. The minimum atomic E-state index is -2.56. The number of hydrogen-bond donors (Lipinski definition) is 2. The number of piperidine rings is 1. The number of fused-ring (bicyclic) bond motifs is 1. The zero-order chi connectivity index (χ0) is 19.0. The van der Waals surface area contributed by atoms with Gasteiger partial charge in [0.1, 0.15) is 0 Å². The predicted molar refractivity (Wildman–Crippen MR) is 96.3 cm³/mol. The first-order valence-electron chi connectivity index (χ1n) is 9.68. The maximum absolute atomic E-state index is 13.4. The highest BCUT2D eigenvalue weighted by atomic mass is 19.3. The zero-order valence-electron chi connectivity index (χ0n) is 15.2. The maximum atomic E-state index is 13.4. The molecule has 2 atom stereocenters. The molecule has 1 amide bonds. The predicted octanol–water partition coefficient (Wildman–Crippen LogP) is 2.62. The molecule has 8 heteroatoms. The second kappa shape index (κ2) is 7.14. The fourth-order valence-electron chi connectivity index (χ4n) is 4.16. The Hall–Kier alpha value is -2.09. The summed E-state index contributed by atoms with van der Waals surface area (Å²) >= 11 is 0. The number of nitrogens with zero attached hydrogens (tertiary/aromatic N) is 3. The maximum Gasteiger partial charge on any atom is 0.248 e. The Morgan fingerprint density at radius 1 is 1.30 bits per heavy atom. The number of rotatable bonds is 4. The van der Waals surface area contributed by atoms with E-state index >= 15 is 0 Å². The van der Waals surface area contributed by atoms with Crippen molar-refractivity contribution in [1.82, 2.24) is 19.9 Å². The van der Waals surface area contributed by atoms with Crippen molar-refractivity contribution in [3.8, 4) is 0 Å². The molecular formula is C19H25F2N5O. The summed E-state index contributed by atoms with van der Waals surface area (Å²) in [5.41, 5.74) is 8.52. The fourth-order valence-corrected chi connectivity index (χ4v) is 4.16. The van der Waals surface area contributed by atoms with Gasteiger partial charge in [-0.25, -0.2) is 18.3 Å². The first kappa shape index (κ1) is 18.3. The second-order valence-corrected chi connectivity index (χ2v) is 7.85. The number of carbonyl (C=O) groups excluding carboxylic acids is 1. The van der Waals surface area contributed by atoms with E-state index in [0.29, 0.717) is 30.6 Å². The number of amides is 1. The van der Waals surface area contributed by atoms with Crippen LogP contribution in [0.1, 0.15) is 56.0 Å². The van der Waals surface area contributed by atoms with Crippen molar-refractivity contribution < 1.29 is 13.6 Å². The Balaban J connectivity index is 1.48. The fraction of sp³-hybridized carbons (Fsp3) is 0.632. The van der Waals surface area contributed by atoms with E-state index in [1.165, 1.54) is 0 Å². The number of halogens is 2. The lowest BCUT2D eigenvalue weighted by Crippen LogP contribution is -2.37. The first-order chi connectivity index (χ1) is 12.9. The smallest absolute Gasteiger partial charge is 0.248 e. The Morgan fingerprint density at radius 3 is 2.81 bits per heavy atom. The summed E-state index contributed by atoms with van der Waals surface area (Å²) in [7, 11) is 0. The largest absolute Gasteiger partial charge is 0.356 e. The summed E-state index contributed by atoms with van der Waals surface area (Å²) in [6.07, 6.45) is 4.86. The average molecular weight is 377 g/mol. The number of hydrogen-bond acceptors (Lipinski definition) is 4. The molecule has 2 aliphatic rings. The highest BCUT2D eigenvalue weighted by Crippen LogP contribution is 2.40. The lowest BCUT2D eigenvalue weighted by atomic mass is 9.81. The van der Waals surface area contributed by atoms with E-state index in [2.05, 4.69) is 15.4 Å². The van der Waals surface area contributed by atoms with Crippen LogP contribution in [0.4, 0.5) is 8.78 Å². The van der Waals surface area contributed by atoms with E-state index in [1.54, 1.807) is 10.7 Å². The second-order valence-electron chi connectivity index (χ2n) is 7.85. The molecule has 27 heavy (non-hydrogen) atoms. The number of carbonyl (C=O) groups is 1. The third kappa shape index (κ3) is 3.95. The van der Waals surface area contributed by atoms with Gasteiger partial charge in [-0.1, -0.05) is 0 Å². The molecule has 6 nitrogen and oxygen atoms in total. The Bertz CT molecular complexity index is 827. The molecule has 2 aromatic rings. The van der Waals surface area contributed by atoms with Gasteiger partial charge in [-0.3, -0.25) is 4.79 Å². The summed E-state index contributed by atoms with van der Waals surface area (Å²) in [6, 6.07) is 3.39. The molecular weight excluding hydrogens is 352 g/mol. The van der Waals surface area contributed by atoms with E-state index in [1.807, 2.05) is 12.1 Å². The molecule has 1 saturated carbocycles. The molecule has 146 valence electrons. The molecule has 1 aliphatic heterocycles. The van der Waals surface area contributed by atoms with Crippen LogP contribution in [0.3, 0.4) is 0 Å². The molecule has 2 aromatic heterocycles. The Labute approximate surface area is 156 Å². The quantitative estimate of drug-likeness (QED) is 0.858. The van der Waals surface area contributed by atoms with Crippen molar-refractivity contribution in [3.05, 3.63) is 29.7 Å². The molecule has 1 saturated heterocycles. The van der Waals surface area contributed by atoms with Crippen molar-refractivity contribution in [1.29, 1.82) is 0 Å². The van der Waals surface area contributed by atoms with Gasteiger partial charge < -0.3 is 11.1 Å². The molecule has 3 heterocycles. The van der Waals surface area contributed by atoms with Crippen molar-refractivity contribution in [2.45, 2.75) is 56.9 Å². The van der Waals surface area contributed by atoms with Crippen LogP contribution < -0.4 is 11.1 Å². The molecule has 4 rings (SSSR count). The third-order valence-electron chi connectivity index (χ3n) is 5.86. The van der Waals surface area contributed by atoms with E-state index < -0.39 is 5.92 Å². The van der Waals surface area contributed by atoms with Gasteiger partial charge in [-0.15, -0.1) is 0 Å². The van der Waals surface area contributed by atoms with E-state index in [-0.39, 0.29) is 36.6 Å². The van der Waals surface area contributed by atoms with Gasteiger partial charge in [0.25, 0.3) is 0 Å².